The molecule has 2 saturated heterocycles. The van der Waals surface area contributed by atoms with E-state index in [-0.39, 0.29) is 30.5 Å². The van der Waals surface area contributed by atoms with Gasteiger partial charge in [0.25, 0.3) is 0 Å². The molecule has 3 rings (SSSR count). The molecule has 0 radical (unpaired) electrons. The first kappa shape index (κ1) is 37.7. The van der Waals surface area contributed by atoms with E-state index in [0.29, 0.717) is 51.5 Å². The predicted molar refractivity (Wildman–Crippen MR) is 178 cm³/mol. The number of amides is 4. The van der Waals surface area contributed by atoms with Gasteiger partial charge < -0.3 is 25.6 Å². The molecule has 0 spiro atoms. The van der Waals surface area contributed by atoms with Crippen LogP contribution in [0.25, 0.3) is 0 Å². The van der Waals surface area contributed by atoms with E-state index >= 15 is 0 Å². The minimum Gasteiger partial charge on any atom is -0.455 e. The second-order valence-electron chi connectivity index (χ2n) is 13.4. The zero-order valence-corrected chi connectivity index (χ0v) is 28.6. The van der Waals surface area contributed by atoms with E-state index in [0.717, 1.165) is 37.7 Å². The second kappa shape index (κ2) is 18.5. The van der Waals surface area contributed by atoms with Crippen molar-refractivity contribution in [3.63, 3.8) is 0 Å². The standard InChI is InChI=1S/C36H54N4O7/c1-5-6-7-8-15-22-31(42)47-25(2)30(41)21-14-10-13-19-27-32(43)39-36(3,4)35(46)38-28(24-26-17-11-9-12-18-26)34(45)40-23-16-20-29(40)33(44)37-27/h9,11-12,17-18,25,27-29H,5-8,10,13-16,19-24H2,1-4H3,(H,37,44)(H,38,46)(H,39,43). The van der Waals surface area contributed by atoms with Crippen molar-refractivity contribution in [1.82, 2.24) is 20.9 Å². The Hall–Kier alpha value is -3.76. The predicted octanol–water partition coefficient (Wildman–Crippen LogP) is 3.91. The molecule has 4 unspecified atom stereocenters. The van der Waals surface area contributed by atoms with Gasteiger partial charge in [0, 0.05) is 25.8 Å². The zero-order valence-electron chi connectivity index (χ0n) is 28.6. The number of nitrogens with one attached hydrogen (secondary N) is 3. The molecule has 4 amide bonds. The number of ether oxygens (including phenoxy) is 1. The van der Waals surface area contributed by atoms with Crippen LogP contribution in [0, 0.1) is 0 Å². The van der Waals surface area contributed by atoms with Crippen LogP contribution in [0.15, 0.2) is 30.3 Å². The van der Waals surface area contributed by atoms with Gasteiger partial charge in [-0.05, 0) is 58.4 Å². The first-order chi connectivity index (χ1) is 22.4. The van der Waals surface area contributed by atoms with Crippen molar-refractivity contribution in [3.05, 3.63) is 35.9 Å². The smallest absolute Gasteiger partial charge is 0.306 e. The fourth-order valence-electron chi connectivity index (χ4n) is 6.10. The van der Waals surface area contributed by atoms with Gasteiger partial charge in [0.1, 0.15) is 23.7 Å². The average molecular weight is 655 g/mol. The van der Waals surface area contributed by atoms with Gasteiger partial charge in [-0.25, -0.2) is 0 Å². The third-order valence-corrected chi connectivity index (χ3v) is 9.02. The number of ketones is 1. The number of hydrogen-bond acceptors (Lipinski definition) is 7. The maximum Gasteiger partial charge on any atom is 0.306 e. The summed E-state index contributed by atoms with van der Waals surface area (Å²) in [6.45, 7) is 7.26. The molecule has 1 aromatic rings. The van der Waals surface area contributed by atoms with Crippen molar-refractivity contribution < 1.29 is 33.5 Å². The number of unbranched alkanes of at least 4 members (excludes halogenated alkanes) is 6. The molecule has 2 heterocycles. The van der Waals surface area contributed by atoms with E-state index in [9.17, 15) is 28.8 Å². The highest BCUT2D eigenvalue weighted by atomic mass is 16.5. The highest BCUT2D eigenvalue weighted by Gasteiger charge is 2.42. The molecule has 4 atom stereocenters. The summed E-state index contributed by atoms with van der Waals surface area (Å²) in [5.41, 5.74) is -0.486. The number of nitrogens with zero attached hydrogens (tertiary/aromatic N) is 1. The summed E-state index contributed by atoms with van der Waals surface area (Å²) < 4.78 is 5.32. The highest BCUT2D eigenvalue weighted by molar-refractivity contribution is 5.99. The lowest BCUT2D eigenvalue weighted by molar-refractivity contribution is -0.154. The summed E-state index contributed by atoms with van der Waals surface area (Å²) >= 11 is 0. The van der Waals surface area contributed by atoms with Crippen molar-refractivity contribution in [1.29, 1.82) is 0 Å². The number of Topliss-reactive ketones (excluding diaryl/α,β-unsaturated/α-hetero) is 1. The first-order valence-corrected chi connectivity index (χ1v) is 17.4. The molecule has 0 aliphatic carbocycles. The topological polar surface area (TPSA) is 151 Å². The van der Waals surface area contributed by atoms with Crippen molar-refractivity contribution in [3.8, 4) is 0 Å². The molecule has 2 aliphatic heterocycles. The monoisotopic (exact) mass is 654 g/mol. The van der Waals surface area contributed by atoms with Gasteiger partial charge >= 0.3 is 5.97 Å². The average Bonchev–Trinajstić information content (AvgIpc) is 3.53. The van der Waals surface area contributed by atoms with Gasteiger partial charge in [-0.3, -0.25) is 28.8 Å². The fraction of sp³-hybridized carbons (Fsp3) is 0.667. The van der Waals surface area contributed by atoms with Crippen LogP contribution in [0.5, 0.6) is 0 Å². The van der Waals surface area contributed by atoms with E-state index < -0.39 is 47.5 Å². The Morgan fingerprint density at radius 3 is 2.30 bits per heavy atom. The Morgan fingerprint density at radius 2 is 1.57 bits per heavy atom. The molecule has 0 aromatic heterocycles. The normalized spacial score (nSPS) is 22.2. The molecule has 11 heteroatoms. The number of hydrogen-bond donors (Lipinski definition) is 3. The van der Waals surface area contributed by atoms with Crippen LogP contribution >= 0.6 is 0 Å². The quantitative estimate of drug-likeness (QED) is 0.181. The molecule has 11 nitrogen and oxygen atoms in total. The van der Waals surface area contributed by atoms with Gasteiger partial charge in [0.15, 0.2) is 11.9 Å². The summed E-state index contributed by atoms with van der Waals surface area (Å²) in [6.07, 6.45) is 8.21. The van der Waals surface area contributed by atoms with Crippen LogP contribution < -0.4 is 16.0 Å². The number of esters is 1. The second-order valence-corrected chi connectivity index (χ2v) is 13.4. The van der Waals surface area contributed by atoms with Crippen molar-refractivity contribution in [2.24, 2.45) is 0 Å². The fourth-order valence-corrected chi connectivity index (χ4v) is 6.10. The summed E-state index contributed by atoms with van der Waals surface area (Å²) in [5.74, 6) is -2.19. The minimum absolute atomic E-state index is 0.147. The molecule has 47 heavy (non-hydrogen) atoms. The van der Waals surface area contributed by atoms with Crippen LogP contribution in [0.4, 0.5) is 0 Å². The summed E-state index contributed by atoms with van der Waals surface area (Å²) in [6, 6.07) is 6.80. The van der Waals surface area contributed by atoms with Crippen LogP contribution in [-0.4, -0.2) is 76.6 Å². The molecule has 0 bridgehead atoms. The van der Waals surface area contributed by atoms with Crippen LogP contribution in [0.2, 0.25) is 0 Å². The van der Waals surface area contributed by atoms with Crippen LogP contribution in [0.3, 0.4) is 0 Å². The van der Waals surface area contributed by atoms with Crippen molar-refractivity contribution in [2.45, 2.75) is 147 Å². The lowest BCUT2D eigenvalue weighted by atomic mass is 9.98. The van der Waals surface area contributed by atoms with Gasteiger partial charge in [-0.15, -0.1) is 0 Å². The van der Waals surface area contributed by atoms with Gasteiger partial charge in [-0.2, -0.15) is 0 Å². The Kier molecular flexibility index (Phi) is 14.9. The Bertz CT molecular complexity index is 1230. The van der Waals surface area contributed by atoms with Crippen molar-refractivity contribution in [2.75, 3.05) is 6.54 Å². The molecule has 260 valence electrons. The van der Waals surface area contributed by atoms with Crippen LogP contribution in [0.1, 0.15) is 117 Å². The Morgan fingerprint density at radius 1 is 0.894 bits per heavy atom. The molecular formula is C36H54N4O7. The first-order valence-electron chi connectivity index (χ1n) is 17.4. The van der Waals surface area contributed by atoms with E-state index in [2.05, 4.69) is 22.9 Å². The zero-order chi connectivity index (χ0) is 34.4. The molecule has 0 saturated carbocycles. The number of fused-ring (bicyclic) bond motifs is 1. The van der Waals surface area contributed by atoms with Crippen LogP contribution in [-0.2, 0) is 39.9 Å². The van der Waals surface area contributed by atoms with Gasteiger partial charge in [0.2, 0.25) is 23.6 Å². The third-order valence-electron chi connectivity index (χ3n) is 9.02. The summed E-state index contributed by atoms with van der Waals surface area (Å²) in [5, 5.41) is 8.49. The third kappa shape index (κ3) is 11.8. The van der Waals surface area contributed by atoms with E-state index in [1.54, 1.807) is 20.8 Å². The number of carbonyl (C=O) groups excluding carboxylic acids is 6. The molecule has 2 aliphatic rings. The number of rotatable bonds is 16. The lowest BCUT2D eigenvalue weighted by Crippen LogP contribution is -2.64. The Labute approximate surface area is 279 Å². The SMILES string of the molecule is CCCCCCCC(=O)OC(C)C(=O)CCCCCC1NC(=O)C2CCCN2C(=O)C(Cc2ccccc2)NC(=O)C(C)(C)NC1=O. The molecule has 2 fully saturated rings. The summed E-state index contributed by atoms with van der Waals surface area (Å²) in [7, 11) is 0. The van der Waals surface area contributed by atoms with E-state index in [4.69, 9.17) is 4.74 Å². The minimum atomic E-state index is -1.35. The molecular weight excluding hydrogens is 600 g/mol. The molecule has 3 N–H and O–H groups in total. The molecule has 1 aromatic carbocycles. The highest BCUT2D eigenvalue weighted by Crippen LogP contribution is 2.22. The summed E-state index contributed by atoms with van der Waals surface area (Å²) in [4.78, 5) is 80.3. The maximum atomic E-state index is 13.8. The van der Waals surface area contributed by atoms with Gasteiger partial charge in [-0.1, -0.05) is 75.8 Å². The van der Waals surface area contributed by atoms with Gasteiger partial charge in [0.05, 0.1) is 0 Å². The lowest BCUT2D eigenvalue weighted by Gasteiger charge is -2.34. The Balaban J connectivity index is 1.57. The maximum absolute atomic E-state index is 13.8. The van der Waals surface area contributed by atoms with Crippen molar-refractivity contribution >= 4 is 35.4 Å². The number of carbonyl (C=O) groups is 6. The van der Waals surface area contributed by atoms with E-state index in [1.807, 2.05) is 30.3 Å². The largest absolute Gasteiger partial charge is 0.455 e. The number of benzene rings is 1. The van der Waals surface area contributed by atoms with E-state index in [1.165, 1.54) is 4.90 Å².